The zero-order valence-corrected chi connectivity index (χ0v) is 22.2. The van der Waals surface area contributed by atoms with Crippen molar-refractivity contribution in [2.75, 3.05) is 32.8 Å². The van der Waals surface area contributed by atoms with Crippen LogP contribution in [0.25, 0.3) is 44.4 Å². The van der Waals surface area contributed by atoms with Crippen LogP contribution in [-0.2, 0) is 24.6 Å². The van der Waals surface area contributed by atoms with Crippen LogP contribution >= 0.6 is 0 Å². The number of aryl methyl sites for hydroxylation is 1. The number of halogens is 3. The first-order chi connectivity index (χ1) is 19.7. The Labute approximate surface area is 232 Å². The topological polar surface area (TPSA) is 90.1 Å². The molecule has 1 aliphatic heterocycles. The van der Waals surface area contributed by atoms with Crippen molar-refractivity contribution in [1.29, 1.82) is 0 Å². The monoisotopic (exact) mass is 564 g/mol. The molecule has 0 aliphatic carbocycles. The summed E-state index contributed by atoms with van der Waals surface area (Å²) in [5.41, 5.74) is 3.04. The molecular weight excluding hydrogens is 537 g/mol. The fourth-order valence-corrected chi connectivity index (χ4v) is 5.20. The number of benzene rings is 1. The number of rotatable bonds is 6. The van der Waals surface area contributed by atoms with Crippen molar-refractivity contribution in [3.8, 4) is 33.5 Å². The third kappa shape index (κ3) is 5.23. The molecule has 12 heteroatoms. The van der Waals surface area contributed by atoms with Gasteiger partial charge in [-0.05, 0) is 17.2 Å². The Morgan fingerprint density at radius 2 is 1.68 bits per heavy atom. The summed E-state index contributed by atoms with van der Waals surface area (Å²) in [5.74, 6) is 0. The number of aromatic nitrogens is 5. The molecule has 0 bridgehead atoms. The number of aromatic amines is 1. The van der Waals surface area contributed by atoms with Gasteiger partial charge in [-0.3, -0.25) is 14.5 Å². The predicted octanol–water partition coefficient (Wildman–Crippen LogP) is 4.03. The number of ether oxygens (including phenoxy) is 1. The molecule has 1 aromatic carbocycles. The molecule has 41 heavy (non-hydrogen) atoms. The van der Waals surface area contributed by atoms with Gasteiger partial charge in [0.05, 0.1) is 19.4 Å². The molecule has 0 amide bonds. The van der Waals surface area contributed by atoms with E-state index in [1.54, 1.807) is 29.9 Å². The Morgan fingerprint density at radius 3 is 2.39 bits per heavy atom. The Hall–Kier alpha value is -4.42. The maximum atomic E-state index is 13.4. The summed E-state index contributed by atoms with van der Waals surface area (Å²) in [4.78, 5) is 31.7. The highest BCUT2D eigenvalue weighted by atomic mass is 19.4. The number of hydrogen-bond acceptors (Lipinski definition) is 5. The Bertz CT molecular complexity index is 1830. The fraction of sp³-hybridized carbons (Fsp3) is 0.276. The van der Waals surface area contributed by atoms with Crippen LogP contribution in [0.15, 0.2) is 76.8 Å². The van der Waals surface area contributed by atoms with Crippen molar-refractivity contribution in [3.63, 3.8) is 0 Å². The van der Waals surface area contributed by atoms with Gasteiger partial charge in [-0.1, -0.05) is 30.3 Å². The van der Waals surface area contributed by atoms with Gasteiger partial charge in [-0.15, -0.1) is 13.2 Å². The Morgan fingerprint density at radius 1 is 0.927 bits per heavy atom. The highest BCUT2D eigenvalue weighted by Gasteiger charge is 2.32. The van der Waals surface area contributed by atoms with E-state index in [-0.39, 0.29) is 26.9 Å². The lowest BCUT2D eigenvalue weighted by Crippen LogP contribution is -2.39. The normalized spacial score (nSPS) is 14.6. The molecule has 1 N–H and O–H groups in total. The molecule has 0 saturated carbocycles. The molecule has 5 heterocycles. The van der Waals surface area contributed by atoms with E-state index in [1.807, 2.05) is 36.5 Å². The maximum absolute atomic E-state index is 13.4. The molecule has 6 rings (SSSR count). The molecule has 0 unspecified atom stereocenters. The summed E-state index contributed by atoms with van der Waals surface area (Å²) in [7, 11) is 1.60. The molecule has 1 saturated heterocycles. The minimum absolute atomic E-state index is 0.0864. The van der Waals surface area contributed by atoms with Gasteiger partial charge in [0.15, 0.2) is 0 Å². The standard InChI is InChI=1S/C29H27F3N6O3/c1-35-17-24(22-13-25(34-27(22)28(35)40)20-15-33-38(16-20)29(30,31)32)21-14-26(39)37(8-7-36-9-11-41-12-10-36)18-23(21)19-5-3-2-4-6-19/h2-6,13-18,34H,7-12H2,1H3. The summed E-state index contributed by atoms with van der Waals surface area (Å²) < 4.78 is 47.9. The van der Waals surface area contributed by atoms with Crippen molar-refractivity contribution in [2.24, 2.45) is 7.05 Å². The third-order valence-electron chi connectivity index (χ3n) is 7.38. The molecule has 0 spiro atoms. The average Bonchev–Trinajstić information content (AvgIpc) is 3.64. The Balaban J connectivity index is 1.49. The van der Waals surface area contributed by atoms with Gasteiger partial charge in [0.1, 0.15) is 5.52 Å². The lowest BCUT2D eigenvalue weighted by Gasteiger charge is -2.26. The van der Waals surface area contributed by atoms with E-state index in [0.717, 1.165) is 36.6 Å². The SMILES string of the molecule is Cn1cc(-c2cc(=O)n(CCN3CCOCC3)cc2-c2ccccc2)c2cc(-c3cnn(C(F)(F)F)c3)[nH]c2c1=O. The molecule has 1 aliphatic rings. The van der Waals surface area contributed by atoms with Crippen LogP contribution in [-0.4, -0.2) is 61.6 Å². The first-order valence-electron chi connectivity index (χ1n) is 13.1. The van der Waals surface area contributed by atoms with Gasteiger partial charge in [0.25, 0.3) is 11.1 Å². The number of morpholine rings is 1. The van der Waals surface area contributed by atoms with E-state index in [9.17, 15) is 22.8 Å². The van der Waals surface area contributed by atoms with Crippen molar-refractivity contribution < 1.29 is 17.9 Å². The Kier molecular flexibility index (Phi) is 6.88. The van der Waals surface area contributed by atoms with Crippen LogP contribution < -0.4 is 11.1 Å². The molecule has 212 valence electrons. The number of H-pyrrole nitrogens is 1. The van der Waals surface area contributed by atoms with Crippen LogP contribution in [0, 0.1) is 0 Å². The second-order valence-electron chi connectivity index (χ2n) is 10.0. The first kappa shape index (κ1) is 26.8. The fourth-order valence-electron chi connectivity index (χ4n) is 5.20. The lowest BCUT2D eigenvalue weighted by atomic mass is 9.95. The van der Waals surface area contributed by atoms with Crippen LogP contribution in [0.3, 0.4) is 0 Å². The first-order valence-corrected chi connectivity index (χ1v) is 13.1. The maximum Gasteiger partial charge on any atom is 0.504 e. The van der Waals surface area contributed by atoms with Gasteiger partial charge >= 0.3 is 6.30 Å². The van der Waals surface area contributed by atoms with Gasteiger partial charge < -0.3 is 18.9 Å². The molecule has 0 radical (unpaired) electrons. The molecule has 0 atom stereocenters. The number of alkyl halides is 3. The van der Waals surface area contributed by atoms with Gasteiger partial charge in [0.2, 0.25) is 0 Å². The van der Waals surface area contributed by atoms with Crippen LogP contribution in [0.2, 0.25) is 0 Å². The molecule has 4 aromatic heterocycles. The van der Waals surface area contributed by atoms with Crippen molar-refractivity contribution in [1.82, 2.24) is 28.8 Å². The lowest BCUT2D eigenvalue weighted by molar-refractivity contribution is -0.212. The van der Waals surface area contributed by atoms with Crippen molar-refractivity contribution in [2.45, 2.75) is 12.8 Å². The van der Waals surface area contributed by atoms with Crippen LogP contribution in [0.1, 0.15) is 0 Å². The molecule has 5 aromatic rings. The van der Waals surface area contributed by atoms with Crippen molar-refractivity contribution >= 4 is 10.9 Å². The number of nitrogens with zero attached hydrogens (tertiary/aromatic N) is 5. The van der Waals surface area contributed by atoms with Gasteiger partial charge in [-0.25, -0.2) is 0 Å². The minimum Gasteiger partial charge on any atom is -0.379 e. The summed E-state index contributed by atoms with van der Waals surface area (Å²) in [6.45, 7) is 4.16. The van der Waals surface area contributed by atoms with Crippen molar-refractivity contribution in [3.05, 3.63) is 88.0 Å². The second-order valence-corrected chi connectivity index (χ2v) is 10.0. The molecule has 9 nitrogen and oxygen atoms in total. The summed E-state index contributed by atoms with van der Waals surface area (Å²) in [6, 6.07) is 12.8. The highest BCUT2D eigenvalue weighted by molar-refractivity contribution is 6.00. The van der Waals surface area contributed by atoms with E-state index < -0.39 is 6.30 Å². The van der Waals surface area contributed by atoms with Crippen LogP contribution in [0.5, 0.6) is 0 Å². The second kappa shape index (κ2) is 10.5. The number of nitrogens with one attached hydrogen (secondary N) is 1. The summed E-state index contributed by atoms with van der Waals surface area (Å²) in [5, 5.41) is 3.91. The quantitative estimate of drug-likeness (QED) is 0.336. The smallest absolute Gasteiger partial charge is 0.379 e. The highest BCUT2D eigenvalue weighted by Crippen LogP contribution is 2.36. The number of hydrogen-bond donors (Lipinski definition) is 1. The van der Waals surface area contributed by atoms with Gasteiger partial charge in [0, 0.05) is 85.7 Å². The zero-order valence-electron chi connectivity index (χ0n) is 22.2. The average molecular weight is 565 g/mol. The number of pyridine rings is 2. The largest absolute Gasteiger partial charge is 0.504 e. The van der Waals surface area contributed by atoms with E-state index in [1.165, 1.54) is 4.57 Å². The van der Waals surface area contributed by atoms with E-state index >= 15 is 0 Å². The van der Waals surface area contributed by atoms with Gasteiger partial charge in [-0.2, -0.15) is 9.78 Å². The zero-order chi connectivity index (χ0) is 28.7. The predicted molar refractivity (Wildman–Crippen MR) is 148 cm³/mol. The minimum atomic E-state index is -4.66. The molecular formula is C29H27F3N6O3. The number of fused-ring (bicyclic) bond motifs is 1. The summed E-state index contributed by atoms with van der Waals surface area (Å²) >= 11 is 0. The van der Waals surface area contributed by atoms with E-state index in [2.05, 4.69) is 15.0 Å². The third-order valence-corrected chi connectivity index (χ3v) is 7.38. The van der Waals surface area contributed by atoms with Crippen LogP contribution in [0.4, 0.5) is 13.2 Å². The van der Waals surface area contributed by atoms with E-state index in [4.69, 9.17) is 4.74 Å². The molecule has 1 fully saturated rings. The van der Waals surface area contributed by atoms with E-state index in [0.29, 0.717) is 48.5 Å². The summed E-state index contributed by atoms with van der Waals surface area (Å²) in [6.07, 6.45) is 0.779.